The molecule has 1 saturated heterocycles. The van der Waals surface area contributed by atoms with Crippen LogP contribution in [0.25, 0.3) is 0 Å². The molecule has 1 aromatic carbocycles. The lowest BCUT2D eigenvalue weighted by molar-refractivity contribution is 0.221. The van der Waals surface area contributed by atoms with Crippen LogP contribution in [0.5, 0.6) is 0 Å². The Bertz CT molecular complexity index is 428. The van der Waals surface area contributed by atoms with Crippen molar-refractivity contribution in [1.29, 1.82) is 0 Å². The molecule has 0 atom stereocenters. The summed E-state index contributed by atoms with van der Waals surface area (Å²) in [6.07, 6.45) is 12.9. The maximum Gasteiger partial charge on any atom is 0.0233 e. The summed E-state index contributed by atoms with van der Waals surface area (Å²) in [7, 11) is 0. The minimum absolute atomic E-state index is 0.989. The van der Waals surface area contributed by atoms with Gasteiger partial charge in [0.2, 0.25) is 0 Å². The van der Waals surface area contributed by atoms with Gasteiger partial charge in [0.15, 0.2) is 0 Å². The van der Waals surface area contributed by atoms with Gasteiger partial charge in [-0.3, -0.25) is 4.90 Å². The van der Waals surface area contributed by atoms with E-state index >= 15 is 0 Å². The lowest BCUT2D eigenvalue weighted by atomic mass is 9.87. The van der Waals surface area contributed by atoms with Gasteiger partial charge in [-0.05, 0) is 55.9 Å². The highest BCUT2D eigenvalue weighted by Gasteiger charge is 2.12. The van der Waals surface area contributed by atoms with Gasteiger partial charge in [0.1, 0.15) is 0 Å². The van der Waals surface area contributed by atoms with Gasteiger partial charge < -0.3 is 5.32 Å². The molecule has 0 spiro atoms. The van der Waals surface area contributed by atoms with E-state index in [0.717, 1.165) is 19.0 Å². The van der Waals surface area contributed by atoms with E-state index in [0.29, 0.717) is 0 Å². The number of hydrogen-bond donors (Lipinski definition) is 1. The molecule has 3 rings (SSSR count). The zero-order valence-electron chi connectivity index (χ0n) is 14.7. The highest BCUT2D eigenvalue weighted by atomic mass is 15.1. The molecule has 1 N–H and O–H groups in total. The third-order valence-electron chi connectivity index (χ3n) is 5.66. The van der Waals surface area contributed by atoms with Crippen LogP contribution < -0.4 is 5.32 Å². The van der Waals surface area contributed by atoms with Crippen molar-refractivity contribution in [2.45, 2.75) is 70.9 Å². The predicted molar refractivity (Wildman–Crippen MR) is 98.5 cm³/mol. The first kappa shape index (κ1) is 17.0. The average Bonchev–Trinajstić information content (AvgIpc) is 2.62. The van der Waals surface area contributed by atoms with Crippen molar-refractivity contribution < 1.29 is 0 Å². The van der Waals surface area contributed by atoms with Gasteiger partial charge in [-0.15, -0.1) is 0 Å². The minimum Gasteiger partial charge on any atom is -0.313 e. The second-order valence-corrected chi connectivity index (χ2v) is 7.62. The predicted octanol–water partition coefficient (Wildman–Crippen LogP) is 4.73. The molecule has 2 nitrogen and oxygen atoms in total. The Morgan fingerprint density at radius 2 is 1.48 bits per heavy atom. The number of likely N-dealkylation sites (tertiary alicyclic amines) is 1. The number of rotatable bonds is 7. The summed E-state index contributed by atoms with van der Waals surface area (Å²) in [4.78, 5) is 2.60. The Labute approximate surface area is 142 Å². The second-order valence-electron chi connectivity index (χ2n) is 7.62. The standard InChI is InChI=1S/C21H34N2/c1-3-7-19(8-4-1)13-14-22-17-20-9-11-21(12-10-20)18-23-15-5-2-6-16-23/h9-12,19,22H,1-8,13-18H2. The van der Waals surface area contributed by atoms with Crippen LogP contribution in [-0.2, 0) is 13.1 Å². The smallest absolute Gasteiger partial charge is 0.0233 e. The van der Waals surface area contributed by atoms with Crippen LogP contribution in [0.4, 0.5) is 0 Å². The zero-order chi connectivity index (χ0) is 15.7. The molecule has 0 amide bonds. The van der Waals surface area contributed by atoms with E-state index in [1.54, 1.807) is 0 Å². The first-order valence-corrected chi connectivity index (χ1v) is 9.91. The van der Waals surface area contributed by atoms with Crippen molar-refractivity contribution in [2.75, 3.05) is 19.6 Å². The summed E-state index contributed by atoms with van der Waals surface area (Å²) in [6.45, 7) is 5.90. The van der Waals surface area contributed by atoms with E-state index < -0.39 is 0 Å². The Balaban J connectivity index is 1.33. The van der Waals surface area contributed by atoms with Crippen molar-refractivity contribution in [3.8, 4) is 0 Å². The van der Waals surface area contributed by atoms with Gasteiger partial charge in [0.05, 0.1) is 0 Å². The summed E-state index contributed by atoms with van der Waals surface area (Å²) >= 11 is 0. The molecular formula is C21H34N2. The molecule has 0 bridgehead atoms. The number of nitrogens with zero attached hydrogens (tertiary/aromatic N) is 1. The summed E-state index contributed by atoms with van der Waals surface area (Å²) in [6, 6.07) is 9.28. The summed E-state index contributed by atoms with van der Waals surface area (Å²) < 4.78 is 0. The molecule has 23 heavy (non-hydrogen) atoms. The van der Waals surface area contributed by atoms with Crippen LogP contribution in [0.1, 0.15) is 68.9 Å². The van der Waals surface area contributed by atoms with E-state index in [1.165, 1.54) is 88.5 Å². The normalized spacial score (nSPS) is 20.7. The highest BCUT2D eigenvalue weighted by molar-refractivity contribution is 5.22. The van der Waals surface area contributed by atoms with E-state index in [-0.39, 0.29) is 0 Å². The Hall–Kier alpha value is -0.860. The Morgan fingerprint density at radius 3 is 2.22 bits per heavy atom. The minimum atomic E-state index is 0.989. The quantitative estimate of drug-likeness (QED) is 0.732. The largest absolute Gasteiger partial charge is 0.313 e. The molecule has 0 radical (unpaired) electrons. The molecule has 1 aliphatic heterocycles. The molecule has 2 heteroatoms. The van der Waals surface area contributed by atoms with E-state index in [9.17, 15) is 0 Å². The third-order valence-corrected chi connectivity index (χ3v) is 5.66. The van der Waals surface area contributed by atoms with Crippen molar-refractivity contribution in [1.82, 2.24) is 10.2 Å². The number of benzene rings is 1. The lowest BCUT2D eigenvalue weighted by Crippen LogP contribution is -2.29. The SMILES string of the molecule is c1cc(CN2CCCCC2)ccc1CNCCC1CCCCC1. The number of nitrogens with one attached hydrogen (secondary N) is 1. The molecule has 2 aliphatic rings. The first-order valence-electron chi connectivity index (χ1n) is 9.91. The molecule has 1 heterocycles. The lowest BCUT2D eigenvalue weighted by Gasteiger charge is -2.26. The maximum atomic E-state index is 3.64. The summed E-state index contributed by atoms with van der Waals surface area (Å²) in [5.41, 5.74) is 2.90. The molecule has 0 unspecified atom stereocenters. The monoisotopic (exact) mass is 314 g/mol. The molecule has 128 valence electrons. The molecule has 1 aliphatic carbocycles. The van der Waals surface area contributed by atoms with Crippen molar-refractivity contribution in [3.63, 3.8) is 0 Å². The summed E-state index contributed by atoms with van der Waals surface area (Å²) in [5, 5.41) is 3.64. The van der Waals surface area contributed by atoms with Crippen LogP contribution >= 0.6 is 0 Å². The topological polar surface area (TPSA) is 15.3 Å². The van der Waals surface area contributed by atoms with Gasteiger partial charge in [-0.2, -0.15) is 0 Å². The number of hydrogen-bond acceptors (Lipinski definition) is 2. The first-order chi connectivity index (χ1) is 11.4. The van der Waals surface area contributed by atoms with E-state index in [4.69, 9.17) is 0 Å². The van der Waals surface area contributed by atoms with Gasteiger partial charge in [0, 0.05) is 13.1 Å². The van der Waals surface area contributed by atoms with Crippen LogP contribution in [0.15, 0.2) is 24.3 Å². The second kappa shape index (κ2) is 9.44. The van der Waals surface area contributed by atoms with Crippen LogP contribution in [0, 0.1) is 5.92 Å². The molecule has 1 aromatic rings. The Kier molecular flexibility index (Phi) is 6.97. The molecular weight excluding hydrogens is 280 g/mol. The molecule has 1 saturated carbocycles. The zero-order valence-corrected chi connectivity index (χ0v) is 14.7. The highest BCUT2D eigenvalue weighted by Crippen LogP contribution is 2.25. The van der Waals surface area contributed by atoms with E-state index in [1.807, 2.05) is 0 Å². The van der Waals surface area contributed by atoms with Crippen LogP contribution in [0.3, 0.4) is 0 Å². The average molecular weight is 315 g/mol. The summed E-state index contributed by atoms with van der Waals surface area (Å²) in [5.74, 6) is 0.989. The fourth-order valence-corrected chi connectivity index (χ4v) is 4.15. The third kappa shape index (κ3) is 5.93. The molecule has 2 fully saturated rings. The van der Waals surface area contributed by atoms with Gasteiger partial charge in [-0.1, -0.05) is 62.8 Å². The van der Waals surface area contributed by atoms with Crippen LogP contribution in [-0.4, -0.2) is 24.5 Å². The van der Waals surface area contributed by atoms with E-state index in [2.05, 4.69) is 34.5 Å². The van der Waals surface area contributed by atoms with Gasteiger partial charge in [-0.25, -0.2) is 0 Å². The fraction of sp³-hybridized carbons (Fsp3) is 0.714. The number of piperidine rings is 1. The van der Waals surface area contributed by atoms with Gasteiger partial charge >= 0.3 is 0 Å². The maximum absolute atomic E-state index is 3.64. The fourth-order valence-electron chi connectivity index (χ4n) is 4.15. The van der Waals surface area contributed by atoms with Crippen molar-refractivity contribution in [3.05, 3.63) is 35.4 Å². The Morgan fingerprint density at radius 1 is 0.826 bits per heavy atom. The van der Waals surface area contributed by atoms with Crippen molar-refractivity contribution >= 4 is 0 Å². The molecule has 0 aromatic heterocycles. The van der Waals surface area contributed by atoms with Crippen molar-refractivity contribution in [2.24, 2.45) is 5.92 Å². The van der Waals surface area contributed by atoms with Gasteiger partial charge in [0.25, 0.3) is 0 Å². The van der Waals surface area contributed by atoms with Crippen LogP contribution in [0.2, 0.25) is 0 Å².